The maximum absolute atomic E-state index is 11.1. The molecule has 4 heteroatoms. The lowest BCUT2D eigenvalue weighted by molar-refractivity contribution is -0.120. The molecule has 0 spiro atoms. The summed E-state index contributed by atoms with van der Waals surface area (Å²) in [4.78, 5) is 12.1. The van der Waals surface area contributed by atoms with Crippen molar-refractivity contribution in [2.45, 2.75) is 11.8 Å². The minimum absolute atomic E-state index is 0.0908. The number of ketones is 1. The standard InChI is InChI=1S/C9H12O3S/c1-7-9(3-4-12-7)13-6-8(10)5-11-2/h3-4H,5-6H2,1-2H3. The Kier molecular flexibility index (Phi) is 4.05. The fourth-order valence-corrected chi connectivity index (χ4v) is 1.69. The molecule has 1 aromatic rings. The van der Waals surface area contributed by atoms with Crippen LogP contribution in [-0.2, 0) is 9.53 Å². The smallest absolute Gasteiger partial charge is 0.168 e. The second kappa shape index (κ2) is 5.09. The Hall–Kier alpha value is -0.740. The highest BCUT2D eigenvalue weighted by atomic mass is 32.2. The molecule has 0 aliphatic heterocycles. The van der Waals surface area contributed by atoms with Gasteiger partial charge in [0, 0.05) is 12.0 Å². The summed E-state index contributed by atoms with van der Waals surface area (Å²) in [5.41, 5.74) is 0. The third kappa shape index (κ3) is 3.24. The molecule has 1 heterocycles. The first-order valence-corrected chi connectivity index (χ1v) is 4.90. The van der Waals surface area contributed by atoms with Gasteiger partial charge in [-0.15, -0.1) is 11.8 Å². The summed E-state index contributed by atoms with van der Waals surface area (Å²) in [6.45, 7) is 2.06. The van der Waals surface area contributed by atoms with Crippen molar-refractivity contribution in [1.82, 2.24) is 0 Å². The number of aryl methyl sites for hydroxylation is 1. The lowest BCUT2D eigenvalue weighted by Gasteiger charge is -1.98. The van der Waals surface area contributed by atoms with Gasteiger partial charge in [-0.1, -0.05) is 0 Å². The molecule has 0 saturated carbocycles. The molecule has 0 bridgehead atoms. The van der Waals surface area contributed by atoms with Crippen LogP contribution in [0.2, 0.25) is 0 Å². The Balaban J connectivity index is 2.35. The summed E-state index contributed by atoms with van der Waals surface area (Å²) < 4.78 is 9.81. The number of Topliss-reactive ketones (excluding diaryl/α,β-unsaturated/α-hetero) is 1. The van der Waals surface area contributed by atoms with E-state index in [1.54, 1.807) is 6.26 Å². The quantitative estimate of drug-likeness (QED) is 0.680. The van der Waals surface area contributed by atoms with Gasteiger partial charge in [-0.2, -0.15) is 0 Å². The number of hydrogen-bond donors (Lipinski definition) is 0. The van der Waals surface area contributed by atoms with E-state index in [0.29, 0.717) is 5.75 Å². The van der Waals surface area contributed by atoms with Crippen LogP contribution < -0.4 is 0 Å². The van der Waals surface area contributed by atoms with Crippen LogP contribution in [0.15, 0.2) is 21.6 Å². The fraction of sp³-hybridized carbons (Fsp3) is 0.444. The van der Waals surface area contributed by atoms with Crippen molar-refractivity contribution in [3.05, 3.63) is 18.1 Å². The summed E-state index contributed by atoms with van der Waals surface area (Å²) in [6.07, 6.45) is 1.62. The highest BCUT2D eigenvalue weighted by Crippen LogP contribution is 2.22. The van der Waals surface area contributed by atoms with Crippen molar-refractivity contribution in [3.63, 3.8) is 0 Å². The van der Waals surface area contributed by atoms with Gasteiger partial charge < -0.3 is 9.15 Å². The molecule has 1 aromatic heterocycles. The SMILES string of the molecule is COCC(=O)CSc1ccoc1C. The fourth-order valence-electron chi connectivity index (χ4n) is 0.884. The Labute approximate surface area is 81.4 Å². The maximum atomic E-state index is 11.1. The number of rotatable bonds is 5. The molecule has 72 valence electrons. The minimum Gasteiger partial charge on any atom is -0.468 e. The highest BCUT2D eigenvalue weighted by molar-refractivity contribution is 8.00. The summed E-state index contributed by atoms with van der Waals surface area (Å²) in [5.74, 6) is 1.39. The van der Waals surface area contributed by atoms with Gasteiger partial charge in [0.2, 0.25) is 0 Å². The first-order valence-electron chi connectivity index (χ1n) is 3.91. The van der Waals surface area contributed by atoms with Gasteiger partial charge in [0.05, 0.1) is 12.0 Å². The molecule has 0 amide bonds. The van der Waals surface area contributed by atoms with Crippen LogP contribution in [0.1, 0.15) is 5.76 Å². The third-order valence-corrected chi connectivity index (χ3v) is 2.71. The van der Waals surface area contributed by atoms with Gasteiger partial charge in [0.1, 0.15) is 12.4 Å². The average Bonchev–Trinajstić information content (AvgIpc) is 2.48. The average molecular weight is 200 g/mol. The molecule has 0 fully saturated rings. The maximum Gasteiger partial charge on any atom is 0.168 e. The van der Waals surface area contributed by atoms with E-state index < -0.39 is 0 Å². The van der Waals surface area contributed by atoms with Crippen LogP contribution >= 0.6 is 11.8 Å². The van der Waals surface area contributed by atoms with Crippen LogP contribution in [-0.4, -0.2) is 25.3 Å². The highest BCUT2D eigenvalue weighted by Gasteiger charge is 2.05. The van der Waals surface area contributed by atoms with E-state index in [9.17, 15) is 4.79 Å². The van der Waals surface area contributed by atoms with E-state index in [4.69, 9.17) is 9.15 Å². The zero-order chi connectivity index (χ0) is 9.68. The van der Waals surface area contributed by atoms with Gasteiger partial charge in [-0.25, -0.2) is 0 Å². The monoisotopic (exact) mass is 200 g/mol. The van der Waals surface area contributed by atoms with Crippen LogP contribution in [0.5, 0.6) is 0 Å². The topological polar surface area (TPSA) is 39.4 Å². The molecule has 0 unspecified atom stereocenters. The second-order valence-corrected chi connectivity index (χ2v) is 3.62. The van der Waals surface area contributed by atoms with E-state index in [2.05, 4.69) is 0 Å². The zero-order valence-electron chi connectivity index (χ0n) is 7.70. The molecule has 0 aliphatic carbocycles. The molecule has 0 aliphatic rings. The van der Waals surface area contributed by atoms with Crippen molar-refractivity contribution < 1.29 is 13.9 Å². The van der Waals surface area contributed by atoms with E-state index >= 15 is 0 Å². The van der Waals surface area contributed by atoms with Gasteiger partial charge in [0.25, 0.3) is 0 Å². The van der Waals surface area contributed by atoms with Gasteiger partial charge in [0.15, 0.2) is 5.78 Å². The minimum atomic E-state index is 0.0908. The molecule has 0 N–H and O–H groups in total. The van der Waals surface area contributed by atoms with Gasteiger partial charge in [-0.3, -0.25) is 4.79 Å². The summed E-state index contributed by atoms with van der Waals surface area (Å²) in [5, 5.41) is 0. The van der Waals surface area contributed by atoms with E-state index in [-0.39, 0.29) is 12.4 Å². The number of methoxy groups -OCH3 is 1. The third-order valence-electron chi connectivity index (χ3n) is 1.51. The molecular formula is C9H12O3S. The number of ether oxygens (including phenoxy) is 1. The Bertz CT molecular complexity index is 280. The van der Waals surface area contributed by atoms with Crippen molar-refractivity contribution in [1.29, 1.82) is 0 Å². The Morgan fingerprint density at radius 3 is 3.00 bits per heavy atom. The number of hydrogen-bond acceptors (Lipinski definition) is 4. The molecule has 0 radical (unpaired) electrons. The summed E-state index contributed by atoms with van der Waals surface area (Å²) in [6, 6.07) is 1.86. The molecular weight excluding hydrogens is 188 g/mol. The normalized spacial score (nSPS) is 10.3. The van der Waals surface area contributed by atoms with Crippen molar-refractivity contribution in [2.24, 2.45) is 0 Å². The van der Waals surface area contributed by atoms with Crippen molar-refractivity contribution in [2.75, 3.05) is 19.5 Å². The van der Waals surface area contributed by atoms with Crippen LogP contribution in [0.3, 0.4) is 0 Å². The van der Waals surface area contributed by atoms with Gasteiger partial charge in [-0.05, 0) is 13.0 Å². The zero-order valence-corrected chi connectivity index (χ0v) is 8.52. The predicted molar refractivity (Wildman–Crippen MR) is 51.1 cm³/mol. The first kappa shape index (κ1) is 10.3. The van der Waals surface area contributed by atoms with E-state index in [1.165, 1.54) is 18.9 Å². The number of furan rings is 1. The Morgan fingerprint density at radius 2 is 2.46 bits per heavy atom. The molecule has 13 heavy (non-hydrogen) atoms. The molecule has 3 nitrogen and oxygen atoms in total. The van der Waals surface area contributed by atoms with Crippen LogP contribution in [0, 0.1) is 6.92 Å². The van der Waals surface area contributed by atoms with Gasteiger partial charge >= 0.3 is 0 Å². The number of thioether (sulfide) groups is 1. The molecule has 0 atom stereocenters. The Morgan fingerprint density at radius 1 is 1.69 bits per heavy atom. The largest absolute Gasteiger partial charge is 0.468 e. The summed E-state index contributed by atoms with van der Waals surface area (Å²) in [7, 11) is 1.52. The second-order valence-electron chi connectivity index (χ2n) is 2.60. The molecule has 1 rings (SSSR count). The summed E-state index contributed by atoms with van der Waals surface area (Å²) >= 11 is 1.48. The van der Waals surface area contributed by atoms with Crippen LogP contribution in [0.25, 0.3) is 0 Å². The lowest BCUT2D eigenvalue weighted by Crippen LogP contribution is -2.08. The first-order chi connectivity index (χ1) is 6.24. The van der Waals surface area contributed by atoms with E-state index in [0.717, 1.165) is 10.7 Å². The molecule has 0 saturated heterocycles. The number of carbonyl (C=O) groups is 1. The van der Waals surface area contributed by atoms with Crippen LogP contribution in [0.4, 0.5) is 0 Å². The lowest BCUT2D eigenvalue weighted by atomic mass is 10.5. The number of carbonyl (C=O) groups excluding carboxylic acids is 1. The van der Waals surface area contributed by atoms with E-state index in [1.807, 2.05) is 13.0 Å². The predicted octanol–water partition coefficient (Wildman–Crippen LogP) is 1.90. The van der Waals surface area contributed by atoms with Crippen molar-refractivity contribution >= 4 is 17.5 Å². The van der Waals surface area contributed by atoms with Crippen molar-refractivity contribution in [3.8, 4) is 0 Å². The molecule has 0 aromatic carbocycles.